The van der Waals surface area contributed by atoms with E-state index in [1.807, 2.05) is 10.8 Å². The Morgan fingerprint density at radius 3 is 2.57 bits per heavy atom. The molecule has 0 radical (unpaired) electrons. The maximum absolute atomic E-state index is 10.6. The number of aromatic carboxylic acids is 1. The summed E-state index contributed by atoms with van der Waals surface area (Å²) in [6.07, 6.45) is 5.80. The quantitative estimate of drug-likeness (QED) is 0.784. The number of carboxylic acids is 1. The molecule has 0 aliphatic carbocycles. The molecule has 1 rings (SSSR count). The van der Waals surface area contributed by atoms with Crippen LogP contribution in [0.25, 0.3) is 0 Å². The minimum Gasteiger partial charge on any atom is -0.478 e. The van der Waals surface area contributed by atoms with Crippen molar-refractivity contribution in [2.75, 3.05) is 0 Å². The Kier molecular flexibility index (Phi) is 3.74. The largest absolute Gasteiger partial charge is 0.478 e. The molecule has 0 aliphatic rings. The standard InChI is InChI=1S/C11H17NO2/c1-3-9(4-2)7-12-6-5-10(8-12)11(13)14/h5-6,8-9H,3-4,7H2,1-2H3,(H,13,14). The van der Waals surface area contributed by atoms with Crippen LogP contribution in [0.5, 0.6) is 0 Å². The first kappa shape index (κ1) is 10.8. The van der Waals surface area contributed by atoms with Crippen molar-refractivity contribution in [3.63, 3.8) is 0 Å². The van der Waals surface area contributed by atoms with E-state index in [9.17, 15) is 4.79 Å². The summed E-state index contributed by atoms with van der Waals surface area (Å²) in [5, 5.41) is 8.73. The Labute approximate surface area is 84.4 Å². The molecule has 1 aromatic heterocycles. The van der Waals surface area contributed by atoms with Crippen LogP contribution in [0.3, 0.4) is 0 Å². The topological polar surface area (TPSA) is 42.2 Å². The van der Waals surface area contributed by atoms with E-state index in [1.165, 1.54) is 0 Å². The third kappa shape index (κ3) is 2.62. The van der Waals surface area contributed by atoms with Gasteiger partial charge in [-0.05, 0) is 12.0 Å². The molecule has 3 nitrogen and oxygen atoms in total. The second kappa shape index (κ2) is 4.84. The van der Waals surface area contributed by atoms with Gasteiger partial charge in [0, 0.05) is 18.9 Å². The molecular weight excluding hydrogens is 178 g/mol. The molecule has 0 bridgehead atoms. The van der Waals surface area contributed by atoms with Crippen molar-refractivity contribution >= 4 is 5.97 Å². The molecule has 0 saturated heterocycles. The van der Waals surface area contributed by atoms with Crippen LogP contribution in [0.2, 0.25) is 0 Å². The zero-order chi connectivity index (χ0) is 10.6. The van der Waals surface area contributed by atoms with E-state index in [0.29, 0.717) is 11.5 Å². The number of hydrogen-bond acceptors (Lipinski definition) is 1. The zero-order valence-corrected chi connectivity index (χ0v) is 8.73. The third-order valence-corrected chi connectivity index (χ3v) is 2.62. The fourth-order valence-electron chi connectivity index (χ4n) is 1.53. The van der Waals surface area contributed by atoms with Crippen LogP contribution in [0, 0.1) is 5.92 Å². The highest BCUT2D eigenvalue weighted by Crippen LogP contribution is 2.12. The third-order valence-electron chi connectivity index (χ3n) is 2.62. The fourth-order valence-corrected chi connectivity index (χ4v) is 1.53. The zero-order valence-electron chi connectivity index (χ0n) is 8.73. The Morgan fingerprint density at radius 1 is 1.50 bits per heavy atom. The van der Waals surface area contributed by atoms with Gasteiger partial charge in [0.2, 0.25) is 0 Å². The molecule has 1 heterocycles. The average Bonchev–Trinajstić information content (AvgIpc) is 2.62. The number of carboxylic acid groups (broad SMARTS) is 1. The van der Waals surface area contributed by atoms with E-state index >= 15 is 0 Å². The van der Waals surface area contributed by atoms with Gasteiger partial charge in [-0.2, -0.15) is 0 Å². The second-order valence-electron chi connectivity index (χ2n) is 3.58. The molecule has 0 spiro atoms. The van der Waals surface area contributed by atoms with E-state index in [4.69, 9.17) is 5.11 Å². The molecule has 3 heteroatoms. The monoisotopic (exact) mass is 195 g/mol. The van der Waals surface area contributed by atoms with Gasteiger partial charge in [-0.15, -0.1) is 0 Å². The number of aromatic nitrogens is 1. The van der Waals surface area contributed by atoms with Crippen molar-refractivity contribution in [2.45, 2.75) is 33.2 Å². The average molecular weight is 195 g/mol. The van der Waals surface area contributed by atoms with Crippen molar-refractivity contribution in [3.8, 4) is 0 Å². The van der Waals surface area contributed by atoms with Crippen LogP contribution in [-0.2, 0) is 6.54 Å². The minimum absolute atomic E-state index is 0.371. The molecule has 0 unspecified atom stereocenters. The molecule has 0 aliphatic heterocycles. The van der Waals surface area contributed by atoms with Crippen LogP contribution >= 0.6 is 0 Å². The molecule has 0 aromatic carbocycles. The second-order valence-corrected chi connectivity index (χ2v) is 3.58. The van der Waals surface area contributed by atoms with Gasteiger partial charge in [0.05, 0.1) is 5.56 Å². The van der Waals surface area contributed by atoms with E-state index in [0.717, 1.165) is 19.4 Å². The molecule has 0 fully saturated rings. The van der Waals surface area contributed by atoms with Gasteiger partial charge in [0.15, 0.2) is 0 Å². The number of carbonyl (C=O) groups is 1. The smallest absolute Gasteiger partial charge is 0.337 e. The van der Waals surface area contributed by atoms with E-state index < -0.39 is 5.97 Å². The van der Waals surface area contributed by atoms with E-state index in [2.05, 4.69) is 13.8 Å². The molecular formula is C11H17NO2. The van der Waals surface area contributed by atoms with Crippen molar-refractivity contribution < 1.29 is 9.90 Å². The van der Waals surface area contributed by atoms with Gasteiger partial charge in [0.25, 0.3) is 0 Å². The highest BCUT2D eigenvalue weighted by Gasteiger charge is 2.07. The molecule has 1 N–H and O–H groups in total. The summed E-state index contributed by atoms with van der Waals surface area (Å²) in [6, 6.07) is 1.64. The lowest BCUT2D eigenvalue weighted by molar-refractivity contribution is 0.0697. The first-order valence-electron chi connectivity index (χ1n) is 5.06. The van der Waals surface area contributed by atoms with Gasteiger partial charge < -0.3 is 9.67 Å². The van der Waals surface area contributed by atoms with Gasteiger partial charge in [-0.25, -0.2) is 4.79 Å². The van der Waals surface area contributed by atoms with Crippen molar-refractivity contribution in [1.29, 1.82) is 0 Å². The lowest BCUT2D eigenvalue weighted by Crippen LogP contribution is -2.07. The van der Waals surface area contributed by atoms with Crippen LogP contribution in [0.1, 0.15) is 37.0 Å². The molecule has 0 amide bonds. The van der Waals surface area contributed by atoms with E-state index in [-0.39, 0.29) is 0 Å². The molecule has 14 heavy (non-hydrogen) atoms. The summed E-state index contributed by atoms with van der Waals surface area (Å²) in [7, 11) is 0. The number of nitrogens with zero attached hydrogens (tertiary/aromatic N) is 1. The molecule has 0 saturated carbocycles. The summed E-state index contributed by atoms with van der Waals surface area (Å²) in [5.74, 6) is -0.211. The normalized spacial score (nSPS) is 10.8. The lowest BCUT2D eigenvalue weighted by atomic mass is 10.0. The van der Waals surface area contributed by atoms with E-state index in [1.54, 1.807) is 12.3 Å². The summed E-state index contributed by atoms with van der Waals surface area (Å²) < 4.78 is 1.96. The number of hydrogen-bond donors (Lipinski definition) is 1. The highest BCUT2D eigenvalue weighted by atomic mass is 16.4. The Hall–Kier alpha value is -1.25. The summed E-state index contributed by atoms with van der Waals surface area (Å²) in [4.78, 5) is 10.6. The van der Waals surface area contributed by atoms with Gasteiger partial charge in [0.1, 0.15) is 0 Å². The Bertz CT molecular complexity index is 300. The molecule has 0 atom stereocenters. The van der Waals surface area contributed by atoms with Gasteiger partial charge in [-0.1, -0.05) is 26.7 Å². The maximum atomic E-state index is 10.6. The van der Waals surface area contributed by atoms with Gasteiger partial charge >= 0.3 is 5.97 Å². The Balaban J connectivity index is 2.63. The first-order valence-corrected chi connectivity index (χ1v) is 5.06. The van der Waals surface area contributed by atoms with Crippen molar-refractivity contribution in [3.05, 3.63) is 24.0 Å². The number of rotatable bonds is 5. The van der Waals surface area contributed by atoms with Crippen molar-refractivity contribution in [1.82, 2.24) is 4.57 Å². The van der Waals surface area contributed by atoms with Crippen LogP contribution < -0.4 is 0 Å². The van der Waals surface area contributed by atoms with Crippen LogP contribution in [-0.4, -0.2) is 15.6 Å². The summed E-state index contributed by atoms with van der Waals surface area (Å²) >= 11 is 0. The molecule has 1 aromatic rings. The van der Waals surface area contributed by atoms with Crippen LogP contribution in [0.4, 0.5) is 0 Å². The Morgan fingerprint density at radius 2 is 2.14 bits per heavy atom. The highest BCUT2D eigenvalue weighted by molar-refractivity contribution is 5.87. The molecule has 78 valence electrons. The van der Waals surface area contributed by atoms with Crippen LogP contribution in [0.15, 0.2) is 18.5 Å². The van der Waals surface area contributed by atoms with Crippen molar-refractivity contribution in [2.24, 2.45) is 5.92 Å². The first-order chi connectivity index (χ1) is 6.67. The van der Waals surface area contributed by atoms with Gasteiger partial charge in [-0.3, -0.25) is 0 Å². The SMILES string of the molecule is CCC(CC)Cn1ccc(C(=O)O)c1. The lowest BCUT2D eigenvalue weighted by Gasteiger charge is -2.12. The predicted octanol–water partition coefficient (Wildman–Crippen LogP) is 2.62. The maximum Gasteiger partial charge on any atom is 0.337 e. The fraction of sp³-hybridized carbons (Fsp3) is 0.545. The predicted molar refractivity (Wildman–Crippen MR) is 55.5 cm³/mol. The minimum atomic E-state index is -0.853. The summed E-state index contributed by atoms with van der Waals surface area (Å²) in [5.41, 5.74) is 0.371. The summed E-state index contributed by atoms with van der Waals surface area (Å²) in [6.45, 7) is 5.24.